The van der Waals surface area contributed by atoms with Gasteiger partial charge in [0.2, 0.25) is 0 Å². The molecule has 1 saturated carbocycles. The molecular weight excluding hydrogens is 268 g/mol. The fourth-order valence-corrected chi connectivity index (χ4v) is 4.53. The monoisotopic (exact) mass is 298 g/mol. The van der Waals surface area contributed by atoms with Crippen molar-refractivity contribution in [2.75, 3.05) is 26.7 Å². The summed E-state index contributed by atoms with van der Waals surface area (Å²) >= 11 is 0. The van der Waals surface area contributed by atoms with Crippen molar-refractivity contribution in [1.82, 2.24) is 9.80 Å². The van der Waals surface area contributed by atoms with Gasteiger partial charge >= 0.3 is 0 Å². The third kappa shape index (κ3) is 2.51. The summed E-state index contributed by atoms with van der Waals surface area (Å²) in [5.74, 6) is 0.646. The Hall–Kier alpha value is -0.860. The molecule has 0 bridgehead atoms. The van der Waals surface area contributed by atoms with Crippen LogP contribution in [0.4, 0.5) is 0 Å². The van der Waals surface area contributed by atoms with Crippen LogP contribution in [0.3, 0.4) is 0 Å². The fraction of sp³-hybridized carbons (Fsp3) is 0.700. The Bertz CT molecular complexity index is 551. The average molecular weight is 298 g/mol. The molecule has 2 heteroatoms. The van der Waals surface area contributed by atoms with Gasteiger partial charge in [0.25, 0.3) is 0 Å². The molecule has 0 N–H and O–H groups in total. The summed E-state index contributed by atoms with van der Waals surface area (Å²) < 4.78 is 0. The second kappa shape index (κ2) is 5.35. The number of hydrogen-bond donors (Lipinski definition) is 0. The van der Waals surface area contributed by atoms with Gasteiger partial charge in [0.15, 0.2) is 0 Å². The Balaban J connectivity index is 1.59. The van der Waals surface area contributed by atoms with E-state index in [0.29, 0.717) is 11.3 Å². The van der Waals surface area contributed by atoms with E-state index in [2.05, 4.69) is 48.9 Å². The summed E-state index contributed by atoms with van der Waals surface area (Å²) in [6.07, 6.45) is 5.52. The summed E-state index contributed by atoms with van der Waals surface area (Å²) in [6, 6.07) is 8.16. The molecule has 4 rings (SSSR count). The summed E-state index contributed by atoms with van der Waals surface area (Å²) in [7, 11) is 2.26. The Labute approximate surface area is 135 Å². The van der Waals surface area contributed by atoms with E-state index in [1.807, 2.05) is 0 Å². The summed E-state index contributed by atoms with van der Waals surface area (Å²) in [5, 5.41) is 0. The van der Waals surface area contributed by atoms with Crippen LogP contribution in [0.2, 0.25) is 0 Å². The minimum atomic E-state index is 0.516. The zero-order chi connectivity index (χ0) is 15.3. The van der Waals surface area contributed by atoms with E-state index in [0.717, 1.165) is 6.04 Å². The van der Waals surface area contributed by atoms with Gasteiger partial charge in [-0.15, -0.1) is 0 Å². The van der Waals surface area contributed by atoms with Crippen molar-refractivity contribution in [3.05, 3.63) is 34.9 Å². The lowest BCUT2D eigenvalue weighted by Gasteiger charge is -2.43. The molecule has 2 fully saturated rings. The van der Waals surface area contributed by atoms with E-state index in [9.17, 15) is 0 Å². The SMILES string of the molecule is CC(C)c1ccc2c(c1)C1(CC1)CN(C1CCN(C)CC1)C2. The first-order valence-electron chi connectivity index (χ1n) is 9.13. The summed E-state index contributed by atoms with van der Waals surface area (Å²) in [4.78, 5) is 5.30. The molecule has 0 amide bonds. The standard InChI is InChI=1S/C20H30N2/c1-15(2)16-4-5-17-13-22(18-6-10-21(3)11-7-18)14-20(8-9-20)19(17)12-16/h4-5,12,15,18H,6-11,13-14H2,1-3H3. The van der Waals surface area contributed by atoms with Gasteiger partial charge in [-0.25, -0.2) is 0 Å². The topological polar surface area (TPSA) is 6.48 Å². The molecule has 0 radical (unpaired) electrons. The molecule has 1 aromatic carbocycles. The first kappa shape index (κ1) is 14.7. The molecule has 2 nitrogen and oxygen atoms in total. The van der Waals surface area contributed by atoms with Crippen LogP contribution in [0.25, 0.3) is 0 Å². The molecule has 1 aromatic rings. The number of hydrogen-bond acceptors (Lipinski definition) is 2. The normalized spacial score (nSPS) is 25.6. The largest absolute Gasteiger partial charge is 0.306 e. The molecule has 120 valence electrons. The maximum absolute atomic E-state index is 2.82. The van der Waals surface area contributed by atoms with Crippen LogP contribution >= 0.6 is 0 Å². The average Bonchev–Trinajstić information content (AvgIpc) is 3.27. The molecule has 2 heterocycles. The van der Waals surface area contributed by atoms with E-state index >= 15 is 0 Å². The lowest BCUT2D eigenvalue weighted by Crippen LogP contribution is -2.48. The van der Waals surface area contributed by atoms with Crippen molar-refractivity contribution in [1.29, 1.82) is 0 Å². The minimum Gasteiger partial charge on any atom is -0.306 e. The van der Waals surface area contributed by atoms with Crippen LogP contribution in [0.5, 0.6) is 0 Å². The van der Waals surface area contributed by atoms with Crippen LogP contribution in [-0.2, 0) is 12.0 Å². The van der Waals surface area contributed by atoms with Gasteiger partial charge < -0.3 is 4.90 Å². The number of rotatable bonds is 2. The lowest BCUT2D eigenvalue weighted by atomic mass is 9.83. The van der Waals surface area contributed by atoms with Crippen molar-refractivity contribution in [2.45, 2.75) is 63.5 Å². The predicted molar refractivity (Wildman–Crippen MR) is 92.4 cm³/mol. The molecule has 0 aromatic heterocycles. The van der Waals surface area contributed by atoms with Crippen molar-refractivity contribution in [2.24, 2.45) is 0 Å². The van der Waals surface area contributed by atoms with E-state index in [1.165, 1.54) is 57.4 Å². The zero-order valence-corrected chi connectivity index (χ0v) is 14.4. The van der Waals surface area contributed by atoms with Gasteiger partial charge in [0.05, 0.1) is 0 Å². The van der Waals surface area contributed by atoms with E-state index in [1.54, 1.807) is 11.1 Å². The Morgan fingerprint density at radius 1 is 1.14 bits per heavy atom. The van der Waals surface area contributed by atoms with Crippen LogP contribution in [0.1, 0.15) is 62.1 Å². The van der Waals surface area contributed by atoms with E-state index in [4.69, 9.17) is 0 Å². The molecule has 3 aliphatic rings. The third-order valence-electron chi connectivity index (χ3n) is 6.31. The fourth-order valence-electron chi connectivity index (χ4n) is 4.53. The van der Waals surface area contributed by atoms with Crippen molar-refractivity contribution < 1.29 is 0 Å². The van der Waals surface area contributed by atoms with E-state index in [-0.39, 0.29) is 0 Å². The summed E-state index contributed by atoms with van der Waals surface area (Å²) in [6.45, 7) is 9.67. The third-order valence-corrected chi connectivity index (χ3v) is 6.31. The highest BCUT2D eigenvalue weighted by molar-refractivity contribution is 5.44. The number of nitrogens with zero attached hydrogens (tertiary/aromatic N) is 2. The summed E-state index contributed by atoms with van der Waals surface area (Å²) in [5.41, 5.74) is 5.36. The minimum absolute atomic E-state index is 0.516. The van der Waals surface area contributed by atoms with Crippen molar-refractivity contribution in [3.63, 3.8) is 0 Å². The molecule has 22 heavy (non-hydrogen) atoms. The predicted octanol–water partition coefficient (Wildman–Crippen LogP) is 3.75. The van der Waals surface area contributed by atoms with Gasteiger partial charge in [-0.05, 0) is 68.4 Å². The maximum Gasteiger partial charge on any atom is 0.0240 e. The number of piperidine rings is 1. The Morgan fingerprint density at radius 2 is 1.86 bits per heavy atom. The van der Waals surface area contributed by atoms with Gasteiger partial charge in [0.1, 0.15) is 0 Å². The van der Waals surface area contributed by atoms with Crippen molar-refractivity contribution in [3.8, 4) is 0 Å². The smallest absolute Gasteiger partial charge is 0.0240 e. The molecule has 2 aliphatic heterocycles. The number of benzene rings is 1. The van der Waals surface area contributed by atoms with Crippen LogP contribution in [0, 0.1) is 0 Å². The number of fused-ring (bicyclic) bond motifs is 2. The molecule has 0 unspecified atom stereocenters. The molecule has 1 aliphatic carbocycles. The van der Waals surface area contributed by atoms with Gasteiger partial charge in [-0.1, -0.05) is 32.0 Å². The molecular formula is C20H30N2. The van der Waals surface area contributed by atoms with Gasteiger partial charge in [-0.2, -0.15) is 0 Å². The lowest BCUT2D eigenvalue weighted by molar-refractivity contribution is 0.0963. The van der Waals surface area contributed by atoms with Crippen molar-refractivity contribution >= 4 is 0 Å². The van der Waals surface area contributed by atoms with Crippen LogP contribution in [-0.4, -0.2) is 42.5 Å². The highest BCUT2D eigenvalue weighted by Crippen LogP contribution is 2.53. The highest BCUT2D eigenvalue weighted by atomic mass is 15.2. The molecule has 1 spiro atoms. The Morgan fingerprint density at radius 3 is 2.50 bits per heavy atom. The quantitative estimate of drug-likeness (QED) is 0.820. The highest BCUT2D eigenvalue weighted by Gasteiger charge is 2.50. The Kier molecular flexibility index (Phi) is 3.58. The maximum atomic E-state index is 2.82. The van der Waals surface area contributed by atoms with Gasteiger partial charge in [0, 0.05) is 24.5 Å². The number of likely N-dealkylation sites (tertiary alicyclic amines) is 1. The first-order valence-corrected chi connectivity index (χ1v) is 9.13. The molecule has 1 saturated heterocycles. The molecule has 0 atom stereocenters. The van der Waals surface area contributed by atoms with Gasteiger partial charge in [-0.3, -0.25) is 4.90 Å². The van der Waals surface area contributed by atoms with Crippen LogP contribution in [0.15, 0.2) is 18.2 Å². The second-order valence-corrected chi connectivity index (χ2v) is 8.29. The second-order valence-electron chi connectivity index (χ2n) is 8.29. The van der Waals surface area contributed by atoms with E-state index < -0.39 is 0 Å². The van der Waals surface area contributed by atoms with Crippen LogP contribution < -0.4 is 0 Å². The zero-order valence-electron chi connectivity index (χ0n) is 14.4. The first-order chi connectivity index (χ1) is 10.6.